The van der Waals surface area contributed by atoms with Gasteiger partial charge < -0.3 is 4.90 Å². The first-order valence-corrected chi connectivity index (χ1v) is 11.7. The molecule has 0 bridgehead atoms. The fraction of sp³-hybridized carbons (Fsp3) is 0.684. The maximum Gasteiger partial charge on any atom is 0.237 e. The number of hydrogen-bond donors (Lipinski definition) is 1. The summed E-state index contributed by atoms with van der Waals surface area (Å²) in [5.74, 6) is 0.143. The molecule has 2 fully saturated rings. The van der Waals surface area contributed by atoms with Crippen molar-refractivity contribution in [3.63, 3.8) is 0 Å². The van der Waals surface area contributed by atoms with Gasteiger partial charge in [-0.1, -0.05) is 18.9 Å². The van der Waals surface area contributed by atoms with Gasteiger partial charge >= 0.3 is 0 Å². The zero-order valence-corrected chi connectivity index (χ0v) is 16.8. The van der Waals surface area contributed by atoms with Gasteiger partial charge in [-0.15, -0.1) is 0 Å². The van der Waals surface area contributed by atoms with Crippen molar-refractivity contribution in [2.24, 2.45) is 5.92 Å². The Bertz CT molecular complexity index is 720. The predicted octanol–water partition coefficient (Wildman–Crippen LogP) is 0.876. The molecule has 0 spiro atoms. The molecule has 1 saturated heterocycles. The summed E-state index contributed by atoms with van der Waals surface area (Å²) in [6, 6.07) is 6.55. The van der Waals surface area contributed by atoms with Gasteiger partial charge in [0.05, 0.1) is 12.8 Å². The topological polar surface area (TPSA) is 82.6 Å². The Kier molecular flexibility index (Phi) is 6.83. The lowest BCUT2D eigenvalue weighted by Crippen LogP contribution is -2.43. The molecule has 2 aliphatic rings. The molecule has 0 radical (unpaired) electrons. The Morgan fingerprint density at radius 2 is 2.00 bits per heavy atom. The van der Waals surface area contributed by atoms with Crippen molar-refractivity contribution in [1.82, 2.24) is 19.5 Å². The van der Waals surface area contributed by atoms with Crippen LogP contribution < -0.4 is 4.72 Å². The third-order valence-corrected chi connectivity index (χ3v) is 6.20. The molecule has 1 aliphatic carbocycles. The molecular weight excluding hydrogens is 364 g/mol. The predicted molar refractivity (Wildman–Crippen MR) is 105 cm³/mol. The van der Waals surface area contributed by atoms with E-state index in [1.54, 1.807) is 6.20 Å². The molecule has 8 heteroatoms. The van der Waals surface area contributed by atoms with Crippen LogP contribution >= 0.6 is 0 Å². The lowest BCUT2D eigenvalue weighted by Gasteiger charge is -2.29. The van der Waals surface area contributed by atoms with Gasteiger partial charge in [0.15, 0.2) is 0 Å². The van der Waals surface area contributed by atoms with E-state index >= 15 is 0 Å². The number of sulfonamides is 1. The average Bonchev–Trinajstić information content (AvgIpc) is 3.08. The Morgan fingerprint density at radius 1 is 1.22 bits per heavy atom. The van der Waals surface area contributed by atoms with Crippen molar-refractivity contribution >= 4 is 15.9 Å². The van der Waals surface area contributed by atoms with Crippen molar-refractivity contribution in [3.8, 4) is 0 Å². The molecule has 1 saturated carbocycles. The summed E-state index contributed by atoms with van der Waals surface area (Å²) in [6.45, 7) is 2.95. The highest BCUT2D eigenvalue weighted by Gasteiger charge is 2.31. The number of carbonyl (C=O) groups excluding carboxylic acids is 1. The zero-order valence-electron chi connectivity index (χ0n) is 16.0. The smallest absolute Gasteiger partial charge is 0.237 e. The van der Waals surface area contributed by atoms with Crippen LogP contribution in [-0.4, -0.2) is 74.1 Å². The lowest BCUT2D eigenvalue weighted by atomic mass is 10.0. The summed E-state index contributed by atoms with van der Waals surface area (Å²) in [7, 11) is -3.37. The number of aromatic nitrogens is 1. The van der Waals surface area contributed by atoms with E-state index < -0.39 is 10.0 Å². The third kappa shape index (κ3) is 6.26. The van der Waals surface area contributed by atoms with Gasteiger partial charge in [0.1, 0.15) is 0 Å². The summed E-state index contributed by atoms with van der Waals surface area (Å²) in [5, 5.41) is 0. The molecule has 2 heterocycles. The molecule has 1 atom stereocenters. The molecule has 27 heavy (non-hydrogen) atoms. The van der Waals surface area contributed by atoms with E-state index in [0.717, 1.165) is 31.5 Å². The number of amides is 1. The molecular formula is C19H30N4O3S. The van der Waals surface area contributed by atoms with Gasteiger partial charge in [-0.3, -0.25) is 14.7 Å². The van der Waals surface area contributed by atoms with Gasteiger partial charge in [-0.05, 0) is 37.3 Å². The third-order valence-electron chi connectivity index (χ3n) is 5.53. The first-order chi connectivity index (χ1) is 12.9. The van der Waals surface area contributed by atoms with E-state index in [1.807, 2.05) is 23.1 Å². The summed E-state index contributed by atoms with van der Waals surface area (Å²) < 4.78 is 25.0. The highest BCUT2D eigenvalue weighted by Crippen LogP contribution is 2.26. The quantitative estimate of drug-likeness (QED) is 0.774. The molecule has 1 aromatic heterocycles. The molecule has 3 rings (SSSR count). The summed E-state index contributed by atoms with van der Waals surface area (Å²) in [5.41, 5.74) is 1.04. The number of nitrogens with one attached hydrogen (secondary N) is 1. The fourth-order valence-corrected chi connectivity index (χ4v) is 4.59. The molecule has 1 N–H and O–H groups in total. The largest absolute Gasteiger partial charge is 0.340 e. The molecule has 150 valence electrons. The second-order valence-corrected chi connectivity index (χ2v) is 9.59. The monoisotopic (exact) mass is 394 g/mol. The van der Waals surface area contributed by atoms with E-state index in [4.69, 9.17) is 0 Å². The summed E-state index contributed by atoms with van der Waals surface area (Å²) >= 11 is 0. The van der Waals surface area contributed by atoms with Crippen LogP contribution in [-0.2, 0) is 21.2 Å². The Labute approximate surface area is 162 Å². The van der Waals surface area contributed by atoms with E-state index in [9.17, 15) is 13.2 Å². The van der Waals surface area contributed by atoms with Crippen LogP contribution in [0.3, 0.4) is 0 Å². The van der Waals surface area contributed by atoms with Gasteiger partial charge in [0.2, 0.25) is 15.9 Å². The van der Waals surface area contributed by atoms with Crippen molar-refractivity contribution in [2.75, 3.05) is 39.0 Å². The van der Waals surface area contributed by atoms with Crippen LogP contribution in [0.4, 0.5) is 0 Å². The van der Waals surface area contributed by atoms with E-state index in [2.05, 4.69) is 14.6 Å². The van der Waals surface area contributed by atoms with Crippen molar-refractivity contribution in [1.29, 1.82) is 0 Å². The maximum atomic E-state index is 12.6. The van der Waals surface area contributed by atoms with Crippen molar-refractivity contribution in [3.05, 3.63) is 30.1 Å². The van der Waals surface area contributed by atoms with E-state index in [-0.39, 0.29) is 12.5 Å². The van der Waals surface area contributed by atoms with Crippen LogP contribution in [0.5, 0.6) is 0 Å². The van der Waals surface area contributed by atoms with Crippen molar-refractivity contribution < 1.29 is 13.2 Å². The minimum absolute atomic E-state index is 0.153. The Balaban J connectivity index is 1.69. The fourth-order valence-electron chi connectivity index (χ4n) is 4.21. The highest BCUT2D eigenvalue weighted by atomic mass is 32.2. The molecule has 1 aromatic rings. The minimum Gasteiger partial charge on any atom is -0.340 e. The molecule has 1 aliphatic heterocycles. The number of rotatable bonds is 6. The SMILES string of the molecule is CS(=O)(=O)NCC(=O)N1CCN(C2CCCC2)CC(Cc2ccccn2)C1. The molecule has 1 unspecified atom stereocenters. The van der Waals surface area contributed by atoms with Gasteiger partial charge in [-0.25, -0.2) is 13.1 Å². The number of nitrogens with zero attached hydrogens (tertiary/aromatic N) is 3. The van der Waals surface area contributed by atoms with Crippen LogP contribution in [0.2, 0.25) is 0 Å². The molecule has 7 nitrogen and oxygen atoms in total. The molecule has 0 aromatic carbocycles. The van der Waals surface area contributed by atoms with Gasteiger partial charge in [-0.2, -0.15) is 0 Å². The number of carbonyl (C=O) groups is 1. The first kappa shape index (κ1) is 20.2. The minimum atomic E-state index is -3.37. The second-order valence-electron chi connectivity index (χ2n) is 7.76. The number of pyridine rings is 1. The number of hydrogen-bond acceptors (Lipinski definition) is 5. The van der Waals surface area contributed by atoms with Crippen LogP contribution in [0, 0.1) is 5.92 Å². The Hall–Kier alpha value is -1.51. The Morgan fingerprint density at radius 3 is 2.67 bits per heavy atom. The first-order valence-electron chi connectivity index (χ1n) is 9.77. The second kappa shape index (κ2) is 9.12. The summed E-state index contributed by atoms with van der Waals surface area (Å²) in [6.07, 6.45) is 8.75. The normalized spacial score (nSPS) is 22.7. The highest BCUT2D eigenvalue weighted by molar-refractivity contribution is 7.88. The molecule has 1 amide bonds. The average molecular weight is 395 g/mol. The zero-order chi connectivity index (χ0) is 19.3. The van der Waals surface area contributed by atoms with Crippen LogP contribution in [0.25, 0.3) is 0 Å². The van der Waals surface area contributed by atoms with Crippen LogP contribution in [0.1, 0.15) is 31.4 Å². The van der Waals surface area contributed by atoms with Crippen molar-refractivity contribution in [2.45, 2.75) is 38.1 Å². The van der Waals surface area contributed by atoms with E-state index in [0.29, 0.717) is 25.0 Å². The van der Waals surface area contributed by atoms with Gasteiger partial charge in [0, 0.05) is 44.1 Å². The maximum absolute atomic E-state index is 12.6. The van der Waals surface area contributed by atoms with E-state index in [1.165, 1.54) is 25.7 Å². The summed E-state index contributed by atoms with van der Waals surface area (Å²) in [4.78, 5) is 21.4. The lowest BCUT2D eigenvalue weighted by molar-refractivity contribution is -0.130. The van der Waals surface area contributed by atoms with Crippen LogP contribution in [0.15, 0.2) is 24.4 Å². The van der Waals surface area contributed by atoms with Gasteiger partial charge in [0.25, 0.3) is 0 Å². The standard InChI is InChI=1S/C19H30N4O3S/c1-27(25,26)21-13-19(24)23-11-10-22(18-7-2-3-8-18)14-16(15-23)12-17-6-4-5-9-20-17/h4-6,9,16,18,21H,2-3,7-8,10-15H2,1H3.